The molecule has 0 spiro atoms. The maximum absolute atomic E-state index is 11.8. The highest BCUT2D eigenvalue weighted by atomic mass is 16.5. The monoisotopic (exact) mass is 233 g/mol. The molecule has 2 heterocycles. The van der Waals surface area contributed by atoms with Crippen molar-refractivity contribution in [2.75, 3.05) is 12.8 Å². The number of aromatic nitrogens is 2. The van der Waals surface area contributed by atoms with Gasteiger partial charge < -0.3 is 10.5 Å². The molecule has 5 nitrogen and oxygen atoms in total. The fraction of sp³-hybridized carbons (Fsp3) is 0.333. The third-order valence-electron chi connectivity index (χ3n) is 2.59. The van der Waals surface area contributed by atoms with Gasteiger partial charge >= 0.3 is 5.97 Å². The summed E-state index contributed by atoms with van der Waals surface area (Å²) >= 11 is 0. The number of pyridine rings is 1. The molecule has 0 saturated heterocycles. The Morgan fingerprint density at radius 1 is 1.47 bits per heavy atom. The summed E-state index contributed by atoms with van der Waals surface area (Å²) < 4.78 is 6.47. The molecule has 0 aromatic carbocycles. The van der Waals surface area contributed by atoms with Crippen LogP contribution in [0.4, 0.5) is 5.69 Å². The van der Waals surface area contributed by atoms with Crippen LogP contribution in [0, 0.1) is 0 Å². The van der Waals surface area contributed by atoms with Gasteiger partial charge in [0.1, 0.15) is 5.65 Å². The van der Waals surface area contributed by atoms with E-state index in [0.29, 0.717) is 17.0 Å². The van der Waals surface area contributed by atoms with Crippen molar-refractivity contribution in [1.29, 1.82) is 0 Å². The van der Waals surface area contributed by atoms with Crippen LogP contribution in [0.3, 0.4) is 0 Å². The van der Waals surface area contributed by atoms with Crippen LogP contribution in [0.15, 0.2) is 18.3 Å². The zero-order valence-corrected chi connectivity index (χ0v) is 10.1. The maximum Gasteiger partial charge on any atom is 0.357 e. The van der Waals surface area contributed by atoms with E-state index in [1.165, 1.54) is 7.11 Å². The van der Waals surface area contributed by atoms with E-state index >= 15 is 0 Å². The van der Waals surface area contributed by atoms with Crippen molar-refractivity contribution in [1.82, 2.24) is 9.38 Å². The van der Waals surface area contributed by atoms with Gasteiger partial charge in [0.2, 0.25) is 0 Å². The molecule has 0 unspecified atom stereocenters. The number of esters is 1. The van der Waals surface area contributed by atoms with Crippen molar-refractivity contribution in [2.24, 2.45) is 0 Å². The molecule has 0 fully saturated rings. The predicted octanol–water partition coefficient (Wildman–Crippen LogP) is 1.83. The van der Waals surface area contributed by atoms with Crippen LogP contribution in [0.25, 0.3) is 5.65 Å². The molecule has 2 N–H and O–H groups in total. The van der Waals surface area contributed by atoms with Gasteiger partial charge in [-0.05, 0) is 18.1 Å². The van der Waals surface area contributed by atoms with Gasteiger partial charge in [-0.3, -0.25) is 4.40 Å². The van der Waals surface area contributed by atoms with Crippen LogP contribution in [-0.2, 0) is 4.74 Å². The highest BCUT2D eigenvalue weighted by molar-refractivity contribution is 5.90. The fourth-order valence-corrected chi connectivity index (χ4v) is 1.78. The van der Waals surface area contributed by atoms with Gasteiger partial charge in [-0.2, -0.15) is 0 Å². The zero-order chi connectivity index (χ0) is 12.6. The number of carbonyl (C=O) groups is 1. The Hall–Kier alpha value is -2.04. The molecule has 90 valence electrons. The summed E-state index contributed by atoms with van der Waals surface area (Å²) in [5, 5.41) is 0. The Kier molecular flexibility index (Phi) is 2.75. The lowest BCUT2D eigenvalue weighted by Gasteiger charge is -2.05. The normalized spacial score (nSPS) is 11.1. The number of rotatable bonds is 2. The number of nitrogens with zero attached hydrogens (tertiary/aromatic N) is 2. The Morgan fingerprint density at radius 2 is 2.18 bits per heavy atom. The van der Waals surface area contributed by atoms with Gasteiger partial charge in [0.25, 0.3) is 0 Å². The smallest absolute Gasteiger partial charge is 0.357 e. The standard InChI is InChI=1S/C12H15N3O2/c1-7(2)10-11(12(16)17-3)15-6-8(13)4-5-9(15)14-10/h4-7H,13H2,1-3H3. The summed E-state index contributed by atoms with van der Waals surface area (Å²) in [6.45, 7) is 3.97. The highest BCUT2D eigenvalue weighted by Crippen LogP contribution is 2.22. The summed E-state index contributed by atoms with van der Waals surface area (Å²) in [5.41, 5.74) is 8.17. The molecular formula is C12H15N3O2. The largest absolute Gasteiger partial charge is 0.464 e. The maximum atomic E-state index is 11.8. The van der Waals surface area contributed by atoms with Gasteiger partial charge in [-0.1, -0.05) is 13.8 Å². The van der Waals surface area contributed by atoms with Gasteiger partial charge in [-0.15, -0.1) is 0 Å². The molecule has 0 atom stereocenters. The number of nitrogen functional groups attached to an aromatic ring is 1. The first-order valence-corrected chi connectivity index (χ1v) is 5.40. The van der Waals surface area contributed by atoms with Gasteiger partial charge in [-0.25, -0.2) is 9.78 Å². The minimum Gasteiger partial charge on any atom is -0.464 e. The van der Waals surface area contributed by atoms with Crippen LogP contribution in [0.2, 0.25) is 0 Å². The summed E-state index contributed by atoms with van der Waals surface area (Å²) in [7, 11) is 1.36. The first-order chi connectivity index (χ1) is 8.04. The van der Waals surface area contributed by atoms with Gasteiger partial charge in [0, 0.05) is 11.9 Å². The van der Waals surface area contributed by atoms with Crippen LogP contribution in [0.5, 0.6) is 0 Å². The van der Waals surface area contributed by atoms with Crippen molar-refractivity contribution in [3.05, 3.63) is 29.7 Å². The van der Waals surface area contributed by atoms with E-state index in [2.05, 4.69) is 4.98 Å². The molecule has 17 heavy (non-hydrogen) atoms. The van der Waals surface area contributed by atoms with Crippen molar-refractivity contribution in [3.8, 4) is 0 Å². The Balaban J connectivity index is 2.77. The van der Waals surface area contributed by atoms with Crippen LogP contribution in [0.1, 0.15) is 35.9 Å². The van der Waals surface area contributed by atoms with Crippen molar-refractivity contribution in [3.63, 3.8) is 0 Å². The lowest BCUT2D eigenvalue weighted by Crippen LogP contribution is -2.09. The molecule has 0 aliphatic rings. The van der Waals surface area contributed by atoms with E-state index in [1.54, 1.807) is 22.7 Å². The number of fused-ring (bicyclic) bond motifs is 1. The second-order valence-corrected chi connectivity index (χ2v) is 4.18. The molecule has 0 aliphatic heterocycles. The molecule has 0 aliphatic carbocycles. The summed E-state index contributed by atoms with van der Waals surface area (Å²) in [4.78, 5) is 16.2. The van der Waals surface area contributed by atoms with Crippen molar-refractivity contribution < 1.29 is 9.53 Å². The second-order valence-electron chi connectivity index (χ2n) is 4.18. The molecule has 2 aromatic heterocycles. The molecule has 2 aromatic rings. The number of imidazole rings is 1. The average Bonchev–Trinajstić information content (AvgIpc) is 2.66. The molecule has 0 amide bonds. The van der Waals surface area contributed by atoms with Crippen LogP contribution >= 0.6 is 0 Å². The first kappa shape index (κ1) is 11.4. The highest BCUT2D eigenvalue weighted by Gasteiger charge is 2.21. The topological polar surface area (TPSA) is 69.6 Å². The summed E-state index contributed by atoms with van der Waals surface area (Å²) in [6.07, 6.45) is 1.68. The first-order valence-electron chi connectivity index (χ1n) is 5.40. The molecule has 2 rings (SSSR count). The molecule has 0 radical (unpaired) electrons. The molecule has 0 saturated carbocycles. The van der Waals surface area contributed by atoms with Crippen molar-refractivity contribution >= 4 is 17.3 Å². The Labute approximate surface area is 99.2 Å². The zero-order valence-electron chi connectivity index (χ0n) is 10.1. The van der Waals surface area contributed by atoms with E-state index in [4.69, 9.17) is 10.5 Å². The molecular weight excluding hydrogens is 218 g/mol. The Morgan fingerprint density at radius 3 is 2.76 bits per heavy atom. The number of ether oxygens (including phenoxy) is 1. The number of nitrogens with two attached hydrogens (primary N) is 1. The summed E-state index contributed by atoms with van der Waals surface area (Å²) in [6, 6.07) is 3.54. The van der Waals surface area contributed by atoms with Crippen LogP contribution in [-0.4, -0.2) is 22.5 Å². The minimum atomic E-state index is -0.396. The number of carbonyl (C=O) groups excluding carboxylic acids is 1. The number of hydrogen-bond acceptors (Lipinski definition) is 4. The van der Waals surface area contributed by atoms with E-state index in [1.807, 2.05) is 13.8 Å². The average molecular weight is 233 g/mol. The molecule has 0 bridgehead atoms. The number of methoxy groups -OCH3 is 1. The second kappa shape index (κ2) is 4.08. The van der Waals surface area contributed by atoms with Crippen molar-refractivity contribution in [2.45, 2.75) is 19.8 Å². The van der Waals surface area contributed by atoms with E-state index < -0.39 is 5.97 Å². The SMILES string of the molecule is COC(=O)c1c(C(C)C)nc2ccc(N)cn12. The van der Waals surface area contributed by atoms with Gasteiger partial charge in [0.15, 0.2) is 5.69 Å². The number of anilines is 1. The third kappa shape index (κ3) is 1.84. The molecule has 5 heteroatoms. The summed E-state index contributed by atoms with van der Waals surface area (Å²) in [5.74, 6) is -0.253. The third-order valence-corrected chi connectivity index (χ3v) is 2.59. The minimum absolute atomic E-state index is 0.144. The van der Waals surface area contributed by atoms with E-state index in [9.17, 15) is 4.79 Å². The van der Waals surface area contributed by atoms with Crippen LogP contribution < -0.4 is 5.73 Å². The fourth-order valence-electron chi connectivity index (χ4n) is 1.78. The predicted molar refractivity (Wildman–Crippen MR) is 65.0 cm³/mol. The van der Waals surface area contributed by atoms with Gasteiger partial charge in [0.05, 0.1) is 12.8 Å². The lowest BCUT2D eigenvalue weighted by molar-refractivity contribution is 0.0591. The Bertz CT molecular complexity index is 572. The lowest BCUT2D eigenvalue weighted by atomic mass is 10.1. The quantitative estimate of drug-likeness (QED) is 0.803. The van der Waals surface area contributed by atoms with E-state index in [-0.39, 0.29) is 5.92 Å². The number of hydrogen-bond donors (Lipinski definition) is 1. The van der Waals surface area contributed by atoms with E-state index in [0.717, 1.165) is 5.69 Å².